The van der Waals surface area contributed by atoms with Crippen LogP contribution in [0.4, 0.5) is 5.69 Å². The van der Waals surface area contributed by atoms with E-state index in [1.54, 1.807) is 12.1 Å². The zero-order valence-corrected chi connectivity index (χ0v) is 19.0. The lowest BCUT2D eigenvalue weighted by Gasteiger charge is -2.19. The number of benzene rings is 2. The minimum atomic E-state index is -0.684. The summed E-state index contributed by atoms with van der Waals surface area (Å²) in [5.74, 6) is -0.755. The van der Waals surface area contributed by atoms with Crippen LogP contribution in [-0.4, -0.2) is 76.8 Å². The normalized spacial score (nSPS) is 12.1. The van der Waals surface area contributed by atoms with Crippen LogP contribution in [0.5, 0.6) is 11.5 Å². The first kappa shape index (κ1) is 22.6. The highest BCUT2D eigenvalue weighted by atomic mass is 16.3. The zero-order chi connectivity index (χ0) is 24.0. The minimum Gasteiger partial charge on any atom is -0.506 e. The van der Waals surface area contributed by atoms with Crippen molar-refractivity contribution >= 4 is 32.9 Å². The smallest absolute Gasteiger partial charge is 0.336 e. The number of rotatable bonds is 7. The fraction of sp³-hybridized carbons (Fsp3) is 0.348. The third kappa shape index (κ3) is 3.77. The second-order valence-corrected chi connectivity index (χ2v) is 8.68. The van der Waals surface area contributed by atoms with E-state index in [1.807, 2.05) is 38.0 Å². The number of likely N-dealkylation sites (N-methyl/N-ethyl adjacent to an activating group) is 2. The molecule has 2 heterocycles. The molecule has 3 N–H and O–H groups in total. The van der Waals surface area contributed by atoms with Crippen molar-refractivity contribution in [1.82, 2.24) is 18.8 Å². The summed E-state index contributed by atoms with van der Waals surface area (Å²) >= 11 is 0. The predicted molar refractivity (Wildman–Crippen MR) is 129 cm³/mol. The molecule has 174 valence electrons. The van der Waals surface area contributed by atoms with Crippen molar-refractivity contribution in [3.63, 3.8) is 0 Å². The van der Waals surface area contributed by atoms with E-state index in [9.17, 15) is 24.6 Å². The molecule has 0 aliphatic heterocycles. The first-order valence-corrected chi connectivity index (χ1v) is 10.6. The fourth-order valence-corrected chi connectivity index (χ4v) is 4.03. The second-order valence-electron chi connectivity index (χ2n) is 8.68. The van der Waals surface area contributed by atoms with Gasteiger partial charge in [0.2, 0.25) is 5.43 Å². The average Bonchev–Trinajstić information content (AvgIpc) is 2.74. The Hall–Kier alpha value is -3.63. The Morgan fingerprint density at radius 2 is 1.64 bits per heavy atom. The molecule has 0 saturated heterocycles. The molecule has 33 heavy (non-hydrogen) atoms. The highest BCUT2D eigenvalue weighted by molar-refractivity contribution is 6.12. The first-order valence-electron chi connectivity index (χ1n) is 10.6. The highest BCUT2D eigenvalue weighted by Gasteiger charge is 2.22. The maximum atomic E-state index is 13.5. The Morgan fingerprint density at radius 3 is 2.30 bits per heavy atom. The predicted octanol–water partition coefficient (Wildman–Crippen LogP) is 0.512. The fourth-order valence-electron chi connectivity index (χ4n) is 4.03. The Bertz CT molecular complexity index is 1540. The number of nitrogens with zero attached hydrogens (tertiary/aromatic N) is 4. The van der Waals surface area contributed by atoms with Crippen molar-refractivity contribution < 1.29 is 10.2 Å². The van der Waals surface area contributed by atoms with Crippen LogP contribution in [0.3, 0.4) is 0 Å². The summed E-state index contributed by atoms with van der Waals surface area (Å²) in [6, 6.07) is 5.58. The maximum absolute atomic E-state index is 13.5. The van der Waals surface area contributed by atoms with Crippen molar-refractivity contribution in [3.05, 3.63) is 55.3 Å². The summed E-state index contributed by atoms with van der Waals surface area (Å²) in [6.45, 7) is 1.89. The van der Waals surface area contributed by atoms with Gasteiger partial charge in [0.1, 0.15) is 5.75 Å². The Balaban J connectivity index is 2.16. The molecule has 0 aliphatic carbocycles. The summed E-state index contributed by atoms with van der Waals surface area (Å²) in [4.78, 5) is 42.9. The van der Waals surface area contributed by atoms with E-state index in [0.717, 1.165) is 16.7 Å². The Morgan fingerprint density at radius 1 is 0.939 bits per heavy atom. The van der Waals surface area contributed by atoms with Gasteiger partial charge in [0.25, 0.3) is 5.56 Å². The molecule has 10 heteroatoms. The van der Waals surface area contributed by atoms with Gasteiger partial charge in [-0.3, -0.25) is 18.6 Å². The van der Waals surface area contributed by atoms with Gasteiger partial charge in [-0.1, -0.05) is 0 Å². The lowest BCUT2D eigenvalue weighted by atomic mass is 10.0. The van der Waals surface area contributed by atoms with E-state index in [-0.39, 0.29) is 39.5 Å². The van der Waals surface area contributed by atoms with Gasteiger partial charge in [0, 0.05) is 43.3 Å². The zero-order valence-electron chi connectivity index (χ0n) is 19.0. The third-order valence-electron chi connectivity index (χ3n) is 5.75. The number of nitrogens with one attached hydrogen (secondary N) is 1. The number of phenols is 1. The van der Waals surface area contributed by atoms with Crippen LogP contribution in [0, 0.1) is 0 Å². The Labute approximate surface area is 188 Å². The molecule has 0 aliphatic rings. The molecule has 10 nitrogen and oxygen atoms in total. The molecule has 2 aromatic carbocycles. The number of hydrogen-bond acceptors (Lipinski definition) is 8. The summed E-state index contributed by atoms with van der Waals surface area (Å²) in [5, 5.41) is 25.1. The molecule has 0 amide bonds. The number of anilines is 1. The summed E-state index contributed by atoms with van der Waals surface area (Å²) < 4.78 is 2.42. The number of pyridine rings is 1. The van der Waals surface area contributed by atoms with Gasteiger partial charge < -0.3 is 25.3 Å². The lowest BCUT2D eigenvalue weighted by Crippen LogP contribution is -2.40. The molecular weight excluding hydrogens is 426 g/mol. The first-order chi connectivity index (χ1) is 15.6. The van der Waals surface area contributed by atoms with E-state index >= 15 is 0 Å². The van der Waals surface area contributed by atoms with Crippen LogP contribution >= 0.6 is 0 Å². The van der Waals surface area contributed by atoms with E-state index in [0.29, 0.717) is 25.3 Å². The lowest BCUT2D eigenvalue weighted by molar-refractivity contribution is 0.376. The number of hydrogen-bond donors (Lipinski definition) is 3. The van der Waals surface area contributed by atoms with Gasteiger partial charge in [-0.05, 0) is 46.4 Å². The van der Waals surface area contributed by atoms with Crippen LogP contribution in [-0.2, 0) is 6.54 Å². The van der Waals surface area contributed by atoms with Crippen LogP contribution in [0.2, 0.25) is 0 Å². The molecule has 0 fully saturated rings. The van der Waals surface area contributed by atoms with Crippen LogP contribution in [0.1, 0.15) is 0 Å². The molecule has 0 radical (unpaired) electrons. The molecular formula is C23H27N5O5. The van der Waals surface area contributed by atoms with Gasteiger partial charge in [0.15, 0.2) is 5.75 Å². The van der Waals surface area contributed by atoms with E-state index in [2.05, 4.69) is 5.32 Å². The molecule has 0 saturated carbocycles. The van der Waals surface area contributed by atoms with E-state index in [1.165, 1.54) is 4.40 Å². The third-order valence-corrected chi connectivity index (χ3v) is 5.75. The SMILES string of the molecule is CN(C)CCNc1ccc2c(=O)n(CCN(C)C)c(=O)n3c4cc(=O)c(O)cc4c(O)c1c23. The van der Waals surface area contributed by atoms with Crippen LogP contribution in [0.25, 0.3) is 27.2 Å². The Kier molecular flexibility index (Phi) is 5.73. The van der Waals surface area contributed by atoms with E-state index in [4.69, 9.17) is 0 Å². The van der Waals surface area contributed by atoms with Crippen molar-refractivity contribution in [2.75, 3.05) is 53.1 Å². The topological polar surface area (TPSA) is 120 Å². The molecule has 0 atom stereocenters. The quantitative estimate of drug-likeness (QED) is 0.274. The van der Waals surface area contributed by atoms with Gasteiger partial charge in [-0.15, -0.1) is 0 Å². The highest BCUT2D eigenvalue weighted by Crippen LogP contribution is 2.39. The van der Waals surface area contributed by atoms with Gasteiger partial charge in [0.05, 0.1) is 21.8 Å². The van der Waals surface area contributed by atoms with E-state index < -0.39 is 22.4 Å². The van der Waals surface area contributed by atoms with Crippen molar-refractivity contribution in [3.8, 4) is 11.5 Å². The summed E-state index contributed by atoms with van der Waals surface area (Å²) in [7, 11) is 7.55. The van der Waals surface area contributed by atoms with Crippen molar-refractivity contribution in [2.45, 2.75) is 6.54 Å². The molecule has 0 spiro atoms. The van der Waals surface area contributed by atoms with Crippen molar-refractivity contribution in [2.24, 2.45) is 0 Å². The summed E-state index contributed by atoms with van der Waals surface area (Å²) in [6.07, 6.45) is 0. The number of aromatic hydroxyl groups is 2. The average molecular weight is 453 g/mol. The number of phenolic OH excluding ortho intramolecular Hbond substituents is 1. The van der Waals surface area contributed by atoms with Crippen LogP contribution < -0.4 is 22.0 Å². The molecule has 2 aromatic heterocycles. The molecule has 0 unspecified atom stereocenters. The number of aromatic nitrogens is 2. The minimum absolute atomic E-state index is 0.127. The maximum Gasteiger partial charge on any atom is 0.336 e. The monoisotopic (exact) mass is 453 g/mol. The van der Waals surface area contributed by atoms with Gasteiger partial charge >= 0.3 is 5.69 Å². The van der Waals surface area contributed by atoms with Crippen molar-refractivity contribution in [1.29, 1.82) is 0 Å². The second kappa shape index (κ2) is 8.38. The molecule has 4 aromatic rings. The van der Waals surface area contributed by atoms with Gasteiger partial charge in [-0.2, -0.15) is 0 Å². The molecule has 4 rings (SSSR count). The molecule has 0 bridgehead atoms. The van der Waals surface area contributed by atoms with Crippen LogP contribution in [0.15, 0.2) is 38.6 Å². The number of fused-ring (bicyclic) bond motifs is 2. The largest absolute Gasteiger partial charge is 0.506 e. The summed E-state index contributed by atoms with van der Waals surface area (Å²) in [5.41, 5.74) is -0.863. The standard InChI is InChI=1S/C23H27N5O5/c1-25(2)8-7-24-15-6-5-13-20-19(15)21(31)14-11-17(29)18(30)12-16(14)28(20)23(33)27(22(13)32)10-9-26(3)4/h5-6,11-12,24,29,31H,7-10H2,1-4H3. The van der Waals surface area contributed by atoms with Gasteiger partial charge in [-0.25, -0.2) is 4.79 Å².